The van der Waals surface area contributed by atoms with E-state index in [0.717, 1.165) is 16.7 Å². The number of carboxylic acid groups (broad SMARTS) is 1. The van der Waals surface area contributed by atoms with E-state index in [-0.39, 0.29) is 9.79 Å². The number of carboxylic acids is 1. The van der Waals surface area contributed by atoms with Gasteiger partial charge in [-0.1, -0.05) is 36.4 Å². The Kier molecular flexibility index (Phi) is 11.8. The van der Waals surface area contributed by atoms with Crippen molar-refractivity contribution in [3.63, 3.8) is 0 Å². The smallest absolute Gasteiger partial charge is 0.490 e. The second-order valence-corrected chi connectivity index (χ2v) is 15.4. The molecule has 6 aromatic rings. The monoisotopic (exact) mass is 785 g/mol. The zero-order chi connectivity index (χ0) is 39.3. The fraction of sp³-hybridized carbons (Fsp3) is 0.189. The highest BCUT2D eigenvalue weighted by atomic mass is 32.2. The summed E-state index contributed by atoms with van der Waals surface area (Å²) in [6, 6.07) is 27.5. The molecule has 0 spiro atoms. The quantitative estimate of drug-likeness (QED) is 0.147. The molecule has 1 fully saturated rings. The number of hydrogen-bond donors (Lipinski definition) is 2. The Morgan fingerprint density at radius 2 is 1.20 bits per heavy atom. The number of benzene rings is 4. The van der Waals surface area contributed by atoms with Crippen LogP contribution in [0, 0.1) is 0 Å². The minimum Gasteiger partial charge on any atom is -0.496 e. The molecule has 0 atom stereocenters. The number of nitrogens with zero attached hydrogens (tertiary/aromatic N) is 2. The summed E-state index contributed by atoms with van der Waals surface area (Å²) in [6.07, 6.45) is 1.04. The van der Waals surface area contributed by atoms with Crippen molar-refractivity contribution in [1.29, 1.82) is 0 Å². The van der Waals surface area contributed by atoms with Gasteiger partial charge in [0.25, 0.3) is 20.0 Å². The molecule has 1 saturated carbocycles. The molecule has 12 nitrogen and oxygen atoms in total. The lowest BCUT2D eigenvalue weighted by molar-refractivity contribution is -0.192. The predicted octanol–water partition coefficient (Wildman–Crippen LogP) is 6.47. The van der Waals surface area contributed by atoms with Crippen LogP contribution in [0.1, 0.15) is 28.8 Å². The number of ether oxygens (including phenoxy) is 2. The normalized spacial score (nSPS) is 13.0. The molecule has 1 aliphatic rings. The number of nitrogens with one attached hydrogen (secondary N) is 1. The van der Waals surface area contributed by atoms with Crippen molar-refractivity contribution in [2.75, 3.05) is 14.2 Å². The minimum atomic E-state index is -5.08. The van der Waals surface area contributed by atoms with Gasteiger partial charge in [-0.2, -0.15) is 13.2 Å². The van der Waals surface area contributed by atoms with Crippen LogP contribution in [0.2, 0.25) is 0 Å². The zero-order valence-corrected chi connectivity index (χ0v) is 30.4. The minimum absolute atomic E-state index is 0.191. The summed E-state index contributed by atoms with van der Waals surface area (Å²) in [5, 5.41) is 12.0. The number of carbonyl (C=O) groups is 2. The van der Waals surface area contributed by atoms with Gasteiger partial charge in [0, 0.05) is 41.3 Å². The molecule has 2 aromatic heterocycles. The highest BCUT2D eigenvalue weighted by Crippen LogP contribution is 2.32. The Morgan fingerprint density at radius 3 is 1.63 bits per heavy atom. The summed E-state index contributed by atoms with van der Waals surface area (Å²) in [5.74, 6) is -1.57. The maximum Gasteiger partial charge on any atom is 0.490 e. The molecule has 2 heterocycles. The van der Waals surface area contributed by atoms with E-state index in [4.69, 9.17) is 19.4 Å². The SMILES string of the molecule is COc1ccc2c(ccn2S(=O)(=O)c2ccccc2)c1C=O.COc1ccc2c(ccn2S(=O)(=O)c2ccccc2)c1CNC1CC1.O=C(O)C(F)(F)F. The van der Waals surface area contributed by atoms with Crippen molar-refractivity contribution in [2.24, 2.45) is 0 Å². The molecule has 0 aliphatic heterocycles. The maximum absolute atomic E-state index is 13.0. The first-order chi connectivity index (χ1) is 25.6. The van der Waals surface area contributed by atoms with Crippen LogP contribution in [0.3, 0.4) is 0 Å². The lowest BCUT2D eigenvalue weighted by Crippen LogP contribution is -2.21. The number of halogens is 3. The number of aliphatic carboxylic acids is 1. The van der Waals surface area contributed by atoms with Gasteiger partial charge in [-0.25, -0.2) is 29.6 Å². The fourth-order valence-corrected chi connectivity index (χ4v) is 8.20. The number of alkyl halides is 3. The summed E-state index contributed by atoms with van der Waals surface area (Å²) in [5.41, 5.74) is 2.43. The average molecular weight is 786 g/mol. The largest absolute Gasteiger partial charge is 0.496 e. The van der Waals surface area contributed by atoms with Gasteiger partial charge >= 0.3 is 12.1 Å². The topological polar surface area (TPSA) is 163 Å². The van der Waals surface area contributed by atoms with E-state index in [1.807, 2.05) is 12.1 Å². The number of carbonyl (C=O) groups excluding carboxylic acids is 1. The molecule has 17 heteroatoms. The molecule has 54 heavy (non-hydrogen) atoms. The molecule has 284 valence electrons. The third kappa shape index (κ3) is 8.43. The highest BCUT2D eigenvalue weighted by molar-refractivity contribution is 7.90. The molecule has 4 aromatic carbocycles. The summed E-state index contributed by atoms with van der Waals surface area (Å²) >= 11 is 0. The van der Waals surface area contributed by atoms with Crippen molar-refractivity contribution in [1.82, 2.24) is 13.3 Å². The van der Waals surface area contributed by atoms with Gasteiger partial charge in [-0.15, -0.1) is 0 Å². The predicted molar refractivity (Wildman–Crippen MR) is 194 cm³/mol. The second-order valence-electron chi connectivity index (χ2n) is 11.7. The third-order valence-electron chi connectivity index (χ3n) is 8.29. The first-order valence-electron chi connectivity index (χ1n) is 16.1. The second kappa shape index (κ2) is 16.2. The van der Waals surface area contributed by atoms with Gasteiger partial charge in [-0.3, -0.25) is 4.79 Å². The van der Waals surface area contributed by atoms with Crippen LogP contribution in [-0.4, -0.2) is 68.6 Å². The van der Waals surface area contributed by atoms with Crippen molar-refractivity contribution in [3.05, 3.63) is 121 Å². The van der Waals surface area contributed by atoms with E-state index in [0.29, 0.717) is 46.6 Å². The van der Waals surface area contributed by atoms with Gasteiger partial charge in [0.1, 0.15) is 11.5 Å². The first kappa shape index (κ1) is 39.6. The Morgan fingerprint density at radius 1 is 0.759 bits per heavy atom. The molecule has 7 rings (SSSR count). The standard InChI is InChI=1S/C19H20N2O3S.C16H13NO4S.C2HF3O2/c1-24-19-10-9-18-16(17(19)13-20-14-7-8-14)11-12-21(18)25(22,23)15-5-3-2-4-6-15;1-21-16-8-7-15-13(14(16)11-18)9-10-17(15)22(19,20)12-5-3-2-4-6-12;3-2(4,5)1(6)7/h2-6,9-12,14,20H,7-8,13H2,1H3;2-11H,1H3;(H,6,7). The van der Waals surface area contributed by atoms with Crippen LogP contribution < -0.4 is 14.8 Å². The van der Waals surface area contributed by atoms with Crippen molar-refractivity contribution >= 4 is 54.1 Å². The number of rotatable bonds is 10. The number of fused-ring (bicyclic) bond motifs is 2. The van der Waals surface area contributed by atoms with E-state index < -0.39 is 32.2 Å². The van der Waals surface area contributed by atoms with Crippen molar-refractivity contribution < 1.29 is 54.2 Å². The lowest BCUT2D eigenvalue weighted by atomic mass is 10.1. The van der Waals surface area contributed by atoms with E-state index in [2.05, 4.69) is 5.32 Å². The Bertz CT molecular complexity index is 2500. The summed E-state index contributed by atoms with van der Waals surface area (Å²) < 4.78 is 96.2. The molecule has 2 N–H and O–H groups in total. The Balaban J connectivity index is 0.000000178. The van der Waals surface area contributed by atoms with E-state index in [9.17, 15) is 34.8 Å². The van der Waals surface area contributed by atoms with E-state index >= 15 is 0 Å². The van der Waals surface area contributed by atoms with Crippen LogP contribution in [0.4, 0.5) is 13.2 Å². The van der Waals surface area contributed by atoms with Gasteiger partial charge < -0.3 is 19.9 Å². The number of aromatic nitrogens is 2. The lowest BCUT2D eigenvalue weighted by Gasteiger charge is -2.12. The number of methoxy groups -OCH3 is 2. The van der Waals surface area contributed by atoms with E-state index in [1.54, 1.807) is 86.1 Å². The van der Waals surface area contributed by atoms with Gasteiger partial charge in [0.15, 0.2) is 6.29 Å². The average Bonchev–Trinajstić information content (AvgIpc) is 3.71. The van der Waals surface area contributed by atoms with Crippen LogP contribution >= 0.6 is 0 Å². The molecule has 0 amide bonds. The molecule has 0 unspecified atom stereocenters. The molecular weight excluding hydrogens is 752 g/mol. The number of aldehydes is 1. The molecule has 0 radical (unpaired) electrons. The van der Waals surface area contributed by atoms with E-state index in [1.165, 1.54) is 46.2 Å². The van der Waals surface area contributed by atoms with Crippen LogP contribution in [0.15, 0.2) is 119 Å². The molecule has 0 bridgehead atoms. The van der Waals surface area contributed by atoms with Gasteiger partial charge in [0.05, 0.1) is 40.6 Å². The van der Waals surface area contributed by atoms with Crippen molar-refractivity contribution in [3.8, 4) is 11.5 Å². The van der Waals surface area contributed by atoms with Crippen LogP contribution in [0.5, 0.6) is 11.5 Å². The zero-order valence-electron chi connectivity index (χ0n) is 28.7. The Labute approximate surface area is 308 Å². The van der Waals surface area contributed by atoms with Gasteiger partial charge in [-0.05, 0) is 73.5 Å². The summed E-state index contributed by atoms with van der Waals surface area (Å²) in [6.45, 7) is 0.667. The summed E-state index contributed by atoms with van der Waals surface area (Å²) in [4.78, 5) is 20.7. The third-order valence-corrected chi connectivity index (χ3v) is 11.7. The first-order valence-corrected chi connectivity index (χ1v) is 19.0. The maximum atomic E-state index is 13.0. The van der Waals surface area contributed by atoms with Crippen molar-refractivity contribution in [2.45, 2.75) is 41.4 Å². The summed E-state index contributed by atoms with van der Waals surface area (Å²) in [7, 11) is -4.23. The molecular formula is C37H34F3N3O9S2. The highest BCUT2D eigenvalue weighted by Gasteiger charge is 2.38. The Hall–Kier alpha value is -5.65. The van der Waals surface area contributed by atoms with Crippen LogP contribution in [0.25, 0.3) is 21.8 Å². The molecule has 0 saturated heterocycles. The van der Waals surface area contributed by atoms with Crippen LogP contribution in [-0.2, 0) is 31.4 Å². The fourth-order valence-electron chi connectivity index (χ4n) is 5.47. The molecule has 1 aliphatic carbocycles. The van der Waals surface area contributed by atoms with Gasteiger partial charge in [0.2, 0.25) is 0 Å². The number of hydrogen-bond acceptors (Lipinski definition) is 9.